The Morgan fingerprint density at radius 2 is 2.32 bits per heavy atom. The van der Waals surface area contributed by atoms with Gasteiger partial charge in [-0.15, -0.1) is 0 Å². The fraction of sp³-hybridized carbons (Fsp3) is 0.400. The minimum atomic E-state index is 0.287. The van der Waals surface area contributed by atoms with E-state index in [0.29, 0.717) is 5.92 Å². The summed E-state index contributed by atoms with van der Waals surface area (Å²) in [5.74, 6) is 1.70. The Hall–Kier alpha value is -1.81. The van der Waals surface area contributed by atoms with Crippen LogP contribution >= 0.6 is 0 Å². The highest BCUT2D eigenvalue weighted by molar-refractivity contribution is 5.96. The molecule has 4 heteroatoms. The minimum absolute atomic E-state index is 0.287. The number of fused-ring (bicyclic) bond motifs is 1. The minimum Gasteiger partial charge on any atom is -0.507 e. The predicted octanol–water partition coefficient (Wildman–Crippen LogP) is 2.35. The molecule has 1 saturated heterocycles. The van der Waals surface area contributed by atoms with Crippen molar-refractivity contribution in [3.63, 3.8) is 0 Å². The fourth-order valence-electron chi connectivity index (χ4n) is 2.68. The van der Waals surface area contributed by atoms with Crippen molar-refractivity contribution in [1.29, 1.82) is 0 Å². The average molecular weight is 257 g/mol. The van der Waals surface area contributed by atoms with E-state index in [2.05, 4.69) is 15.6 Å². The van der Waals surface area contributed by atoms with Crippen molar-refractivity contribution in [2.45, 2.75) is 12.8 Å². The molecule has 3 N–H and O–H groups in total. The molecule has 1 atom stereocenters. The van der Waals surface area contributed by atoms with E-state index in [1.165, 1.54) is 12.8 Å². The molecule has 100 valence electrons. The number of rotatable bonds is 3. The average Bonchev–Trinajstić information content (AvgIpc) is 2.46. The number of aromatic hydroxyl groups is 1. The highest BCUT2D eigenvalue weighted by Gasteiger charge is 2.14. The number of nitrogens with zero attached hydrogens (tertiary/aromatic N) is 1. The Morgan fingerprint density at radius 1 is 1.37 bits per heavy atom. The monoisotopic (exact) mass is 257 g/mol. The lowest BCUT2D eigenvalue weighted by Crippen LogP contribution is -2.33. The van der Waals surface area contributed by atoms with Crippen LogP contribution in [0.4, 0.5) is 5.82 Å². The van der Waals surface area contributed by atoms with Gasteiger partial charge in [0.25, 0.3) is 0 Å². The number of phenols is 1. The molecule has 1 aromatic carbocycles. The summed E-state index contributed by atoms with van der Waals surface area (Å²) in [6, 6.07) is 7.47. The zero-order chi connectivity index (χ0) is 13.1. The molecule has 0 radical (unpaired) electrons. The molecule has 2 heterocycles. The number of pyridine rings is 1. The Morgan fingerprint density at radius 3 is 3.16 bits per heavy atom. The summed E-state index contributed by atoms with van der Waals surface area (Å²) in [5.41, 5.74) is 0. The lowest BCUT2D eigenvalue weighted by molar-refractivity contribution is 0.392. The van der Waals surface area contributed by atoms with Gasteiger partial charge in [0, 0.05) is 12.7 Å². The van der Waals surface area contributed by atoms with Gasteiger partial charge >= 0.3 is 0 Å². The van der Waals surface area contributed by atoms with Gasteiger partial charge in [-0.2, -0.15) is 0 Å². The van der Waals surface area contributed by atoms with Crippen LogP contribution in [0.2, 0.25) is 0 Å². The van der Waals surface area contributed by atoms with Crippen molar-refractivity contribution in [3.8, 4) is 5.75 Å². The Kier molecular flexibility index (Phi) is 3.51. The molecule has 4 nitrogen and oxygen atoms in total. The highest BCUT2D eigenvalue weighted by atomic mass is 16.3. The third-order valence-corrected chi connectivity index (χ3v) is 3.73. The molecule has 19 heavy (non-hydrogen) atoms. The summed E-state index contributed by atoms with van der Waals surface area (Å²) < 4.78 is 0. The molecule has 0 amide bonds. The molecule has 2 aromatic rings. The number of anilines is 1. The van der Waals surface area contributed by atoms with Gasteiger partial charge in [0.2, 0.25) is 0 Å². The summed E-state index contributed by atoms with van der Waals surface area (Å²) in [6.07, 6.45) is 4.26. The van der Waals surface area contributed by atoms with Crippen molar-refractivity contribution in [2.24, 2.45) is 5.92 Å². The first-order chi connectivity index (χ1) is 9.34. The second-order valence-electron chi connectivity index (χ2n) is 5.13. The van der Waals surface area contributed by atoms with Crippen LogP contribution in [0.15, 0.2) is 30.5 Å². The first kappa shape index (κ1) is 12.2. The Bertz CT molecular complexity index is 559. The molecule has 1 fully saturated rings. The van der Waals surface area contributed by atoms with Gasteiger partial charge in [-0.1, -0.05) is 12.1 Å². The maximum atomic E-state index is 10.00. The predicted molar refractivity (Wildman–Crippen MR) is 77.5 cm³/mol. The number of phenolic OH excluding ortho intramolecular Hbond substituents is 1. The van der Waals surface area contributed by atoms with E-state index in [-0.39, 0.29) is 5.75 Å². The van der Waals surface area contributed by atoms with Gasteiger partial charge < -0.3 is 15.7 Å². The number of aromatic nitrogens is 1. The lowest BCUT2D eigenvalue weighted by Gasteiger charge is -2.23. The molecule has 1 aromatic heterocycles. The lowest BCUT2D eigenvalue weighted by atomic mass is 10.00. The summed E-state index contributed by atoms with van der Waals surface area (Å²) in [7, 11) is 0. The molecule has 0 aliphatic carbocycles. The zero-order valence-electron chi connectivity index (χ0n) is 10.9. The van der Waals surface area contributed by atoms with Crippen molar-refractivity contribution < 1.29 is 5.11 Å². The second-order valence-corrected chi connectivity index (χ2v) is 5.13. The van der Waals surface area contributed by atoms with Gasteiger partial charge in [-0.05, 0) is 49.4 Å². The van der Waals surface area contributed by atoms with Crippen LogP contribution in [0.1, 0.15) is 12.8 Å². The van der Waals surface area contributed by atoms with Gasteiger partial charge in [0.05, 0.1) is 5.39 Å². The number of benzene rings is 1. The molecular formula is C15H19N3O. The number of nitrogens with one attached hydrogen (secondary N) is 2. The smallest absolute Gasteiger partial charge is 0.137 e. The van der Waals surface area contributed by atoms with Crippen LogP contribution in [0.5, 0.6) is 5.75 Å². The van der Waals surface area contributed by atoms with Crippen molar-refractivity contribution in [1.82, 2.24) is 10.3 Å². The quantitative estimate of drug-likeness (QED) is 0.790. The summed E-state index contributed by atoms with van der Waals surface area (Å²) in [4.78, 5) is 4.36. The number of hydrogen-bond donors (Lipinski definition) is 3. The molecule has 0 saturated carbocycles. The summed E-state index contributed by atoms with van der Waals surface area (Å²) >= 11 is 0. The summed E-state index contributed by atoms with van der Waals surface area (Å²) in [6.45, 7) is 3.08. The first-order valence-corrected chi connectivity index (χ1v) is 6.86. The van der Waals surface area contributed by atoms with Crippen LogP contribution in [-0.2, 0) is 0 Å². The van der Waals surface area contributed by atoms with E-state index in [1.54, 1.807) is 12.3 Å². The van der Waals surface area contributed by atoms with E-state index in [1.807, 2.05) is 18.2 Å². The standard InChI is InChI=1S/C15H19N3O/c19-13-5-1-4-12-6-8-17-15(14(12)13)18-10-11-3-2-7-16-9-11/h1,4-6,8,11,16,19H,2-3,7,9-10H2,(H,17,18). The maximum absolute atomic E-state index is 10.00. The summed E-state index contributed by atoms with van der Waals surface area (Å²) in [5, 5.41) is 18.6. The first-order valence-electron chi connectivity index (χ1n) is 6.86. The topological polar surface area (TPSA) is 57.2 Å². The van der Waals surface area contributed by atoms with Crippen molar-refractivity contribution in [3.05, 3.63) is 30.5 Å². The third kappa shape index (κ3) is 2.63. The Balaban J connectivity index is 1.80. The SMILES string of the molecule is Oc1cccc2ccnc(NCC3CCCNC3)c12. The van der Waals surface area contributed by atoms with E-state index < -0.39 is 0 Å². The maximum Gasteiger partial charge on any atom is 0.137 e. The highest BCUT2D eigenvalue weighted by Crippen LogP contribution is 2.29. The van der Waals surface area contributed by atoms with Gasteiger partial charge in [0.1, 0.15) is 11.6 Å². The van der Waals surface area contributed by atoms with E-state index in [0.717, 1.165) is 36.2 Å². The Labute approximate surface area is 112 Å². The largest absolute Gasteiger partial charge is 0.507 e. The van der Waals surface area contributed by atoms with Gasteiger partial charge in [-0.25, -0.2) is 4.98 Å². The van der Waals surface area contributed by atoms with Crippen LogP contribution in [0.25, 0.3) is 10.8 Å². The van der Waals surface area contributed by atoms with Gasteiger partial charge in [-0.3, -0.25) is 0 Å². The third-order valence-electron chi connectivity index (χ3n) is 3.73. The van der Waals surface area contributed by atoms with Crippen LogP contribution in [0.3, 0.4) is 0 Å². The zero-order valence-corrected chi connectivity index (χ0v) is 10.9. The van der Waals surface area contributed by atoms with Crippen LogP contribution < -0.4 is 10.6 Å². The van der Waals surface area contributed by atoms with Crippen LogP contribution in [0, 0.1) is 5.92 Å². The van der Waals surface area contributed by atoms with E-state index in [4.69, 9.17) is 0 Å². The number of hydrogen-bond acceptors (Lipinski definition) is 4. The van der Waals surface area contributed by atoms with Crippen molar-refractivity contribution >= 4 is 16.6 Å². The van der Waals surface area contributed by atoms with Crippen molar-refractivity contribution in [2.75, 3.05) is 25.0 Å². The van der Waals surface area contributed by atoms with Gasteiger partial charge in [0.15, 0.2) is 0 Å². The van der Waals surface area contributed by atoms with E-state index in [9.17, 15) is 5.11 Å². The second kappa shape index (κ2) is 5.45. The normalized spacial score (nSPS) is 19.5. The molecule has 1 aliphatic rings. The molecule has 3 rings (SSSR count). The van der Waals surface area contributed by atoms with Crippen LogP contribution in [-0.4, -0.2) is 29.7 Å². The molecule has 0 spiro atoms. The van der Waals surface area contributed by atoms with E-state index >= 15 is 0 Å². The molecule has 1 unspecified atom stereocenters. The molecule has 0 bridgehead atoms. The molecular weight excluding hydrogens is 238 g/mol. The molecule has 1 aliphatic heterocycles. The number of piperidine rings is 1. The fourth-order valence-corrected chi connectivity index (χ4v) is 2.68.